The zero-order valence-electron chi connectivity index (χ0n) is 12.3. The van der Waals surface area contributed by atoms with Crippen LogP contribution in [0, 0.1) is 0 Å². The van der Waals surface area contributed by atoms with Crippen LogP contribution in [0.15, 0.2) is 71.6 Å². The van der Waals surface area contributed by atoms with Gasteiger partial charge in [0.2, 0.25) is 0 Å². The summed E-state index contributed by atoms with van der Waals surface area (Å²) in [4.78, 5) is 1.32. The molecule has 6 heteroatoms. The molecule has 4 aromatic rings. The SMILES string of the molecule is SSSSSSc1cccc2c3ccccc3c3ccccc3c12. The number of rotatable bonds is 5. The summed E-state index contributed by atoms with van der Waals surface area (Å²) >= 11 is 4.16. The van der Waals surface area contributed by atoms with Gasteiger partial charge in [-0.25, -0.2) is 0 Å². The second-order valence-corrected chi connectivity index (χ2v) is 13.5. The van der Waals surface area contributed by atoms with Gasteiger partial charge in [0.25, 0.3) is 0 Å². The molecule has 0 aliphatic rings. The van der Waals surface area contributed by atoms with Crippen LogP contribution in [0.25, 0.3) is 32.3 Å². The molecule has 0 aliphatic heterocycles. The van der Waals surface area contributed by atoms with E-state index in [0.29, 0.717) is 0 Å². The zero-order valence-corrected chi connectivity index (χ0v) is 17.3. The Labute approximate surface area is 164 Å². The Hall–Kier alpha value is -0.240. The maximum atomic E-state index is 4.16. The summed E-state index contributed by atoms with van der Waals surface area (Å²) in [6.45, 7) is 0. The van der Waals surface area contributed by atoms with E-state index in [9.17, 15) is 0 Å². The van der Waals surface area contributed by atoms with E-state index >= 15 is 0 Å². The average molecular weight is 421 g/mol. The molecule has 0 aliphatic carbocycles. The minimum atomic E-state index is 1.32. The summed E-state index contributed by atoms with van der Waals surface area (Å²) < 4.78 is 0. The fourth-order valence-electron chi connectivity index (χ4n) is 3.07. The van der Waals surface area contributed by atoms with Gasteiger partial charge in [0.1, 0.15) is 0 Å². The lowest BCUT2D eigenvalue weighted by Gasteiger charge is -2.13. The van der Waals surface area contributed by atoms with Crippen molar-refractivity contribution in [2.24, 2.45) is 0 Å². The van der Waals surface area contributed by atoms with E-state index in [1.807, 2.05) is 10.8 Å². The maximum absolute atomic E-state index is 4.16. The fourth-order valence-corrected chi connectivity index (χ4v) is 11.7. The van der Waals surface area contributed by atoms with Crippen LogP contribution in [0.3, 0.4) is 0 Å². The largest absolute Gasteiger partial charge is 0.0988 e. The molecule has 0 nitrogen and oxygen atoms in total. The lowest BCUT2D eigenvalue weighted by molar-refractivity contribution is 1.59. The van der Waals surface area contributed by atoms with Crippen LogP contribution < -0.4 is 0 Å². The first kappa shape index (κ1) is 17.2. The molecule has 0 fully saturated rings. The van der Waals surface area contributed by atoms with Crippen molar-refractivity contribution in [2.45, 2.75) is 4.90 Å². The predicted octanol–water partition coefficient (Wildman–Crippen LogP) is 8.68. The van der Waals surface area contributed by atoms with Crippen molar-refractivity contribution in [3.63, 3.8) is 0 Å². The number of fused-ring (bicyclic) bond motifs is 6. The van der Waals surface area contributed by atoms with Crippen LogP contribution in [0.2, 0.25) is 0 Å². The Morgan fingerprint density at radius 3 is 1.71 bits per heavy atom. The molecule has 0 saturated heterocycles. The zero-order chi connectivity index (χ0) is 16.4. The standard InChI is InChI=1S/C18H12S6/c19-21-23-24-22-20-17-11-5-10-16-14-7-2-1-6-12(14)13-8-3-4-9-15(13)18(16)17/h1-11,19H. The van der Waals surface area contributed by atoms with Crippen LogP contribution in [-0.2, 0) is 0 Å². The van der Waals surface area contributed by atoms with Gasteiger partial charge < -0.3 is 0 Å². The summed E-state index contributed by atoms with van der Waals surface area (Å²) in [5.74, 6) is 0. The molecule has 24 heavy (non-hydrogen) atoms. The van der Waals surface area contributed by atoms with E-state index < -0.39 is 0 Å². The second kappa shape index (κ2) is 7.98. The highest BCUT2D eigenvalue weighted by molar-refractivity contribution is 9.41. The topological polar surface area (TPSA) is 0 Å². The molecule has 0 radical (unpaired) electrons. The molecule has 0 amide bonds. The Bertz CT molecular complexity index is 969. The van der Waals surface area contributed by atoms with Crippen LogP contribution in [0.1, 0.15) is 0 Å². The molecule has 0 aromatic heterocycles. The monoisotopic (exact) mass is 420 g/mol. The number of benzene rings is 4. The van der Waals surface area contributed by atoms with Crippen molar-refractivity contribution >= 4 is 94.1 Å². The molecule has 0 bridgehead atoms. The summed E-state index contributed by atoms with van der Waals surface area (Å²) in [5.41, 5.74) is 0. The van der Waals surface area contributed by atoms with Crippen LogP contribution in [0.4, 0.5) is 0 Å². The maximum Gasteiger partial charge on any atom is 0.0276 e. The van der Waals surface area contributed by atoms with Crippen molar-refractivity contribution in [3.8, 4) is 0 Å². The fraction of sp³-hybridized carbons (Fsp3) is 0. The normalized spacial score (nSPS) is 11.5. The van der Waals surface area contributed by atoms with E-state index in [2.05, 4.69) is 78.4 Å². The van der Waals surface area contributed by atoms with Crippen LogP contribution in [0.5, 0.6) is 0 Å². The molecule has 0 spiro atoms. The van der Waals surface area contributed by atoms with E-state index in [1.165, 1.54) is 47.0 Å². The van der Waals surface area contributed by atoms with E-state index in [0.717, 1.165) is 0 Å². The third kappa shape index (κ3) is 3.24. The summed E-state index contributed by atoms with van der Waals surface area (Å²) in [5, 5.41) is 7.99. The van der Waals surface area contributed by atoms with Crippen LogP contribution in [-0.4, -0.2) is 0 Å². The minimum Gasteiger partial charge on any atom is -0.0988 e. The first-order valence-electron chi connectivity index (χ1n) is 7.20. The highest BCUT2D eigenvalue weighted by Crippen LogP contribution is 2.53. The molecule has 4 rings (SSSR count). The number of thiol groups is 1. The predicted molar refractivity (Wildman–Crippen MR) is 124 cm³/mol. The van der Waals surface area contributed by atoms with Crippen molar-refractivity contribution < 1.29 is 0 Å². The van der Waals surface area contributed by atoms with Gasteiger partial charge in [-0.15, -0.1) is 0 Å². The van der Waals surface area contributed by atoms with Crippen molar-refractivity contribution in [2.75, 3.05) is 0 Å². The molecule has 0 saturated carbocycles. The summed E-state index contributed by atoms with van der Waals surface area (Å²) in [6.07, 6.45) is 0. The van der Waals surface area contributed by atoms with Crippen molar-refractivity contribution in [3.05, 3.63) is 66.7 Å². The third-order valence-electron chi connectivity index (χ3n) is 3.94. The van der Waals surface area contributed by atoms with Gasteiger partial charge in [0, 0.05) is 10.3 Å². The lowest BCUT2D eigenvalue weighted by atomic mass is 9.94. The first-order valence-corrected chi connectivity index (χ1v) is 14.4. The molecule has 0 unspecified atom stereocenters. The van der Waals surface area contributed by atoms with E-state index in [4.69, 9.17) is 0 Å². The average Bonchev–Trinajstić information content (AvgIpc) is 2.65. The van der Waals surface area contributed by atoms with E-state index in [-0.39, 0.29) is 0 Å². The molecule has 0 heterocycles. The van der Waals surface area contributed by atoms with Gasteiger partial charge >= 0.3 is 0 Å². The van der Waals surface area contributed by atoms with Crippen molar-refractivity contribution in [1.82, 2.24) is 0 Å². The minimum absolute atomic E-state index is 1.32. The Morgan fingerprint density at radius 2 is 1.08 bits per heavy atom. The van der Waals surface area contributed by atoms with Gasteiger partial charge in [-0.1, -0.05) is 72.3 Å². The molecule has 4 aromatic carbocycles. The Morgan fingerprint density at radius 1 is 0.542 bits per heavy atom. The quantitative estimate of drug-likeness (QED) is 0.148. The summed E-state index contributed by atoms with van der Waals surface area (Å²) in [7, 11) is 8.52. The molecular formula is C18H12S6. The lowest BCUT2D eigenvalue weighted by Crippen LogP contribution is -1.84. The van der Waals surface area contributed by atoms with Gasteiger partial charge in [0.15, 0.2) is 0 Å². The van der Waals surface area contributed by atoms with Gasteiger partial charge in [-0.3, -0.25) is 0 Å². The second-order valence-electron chi connectivity index (χ2n) is 5.13. The molecular weight excluding hydrogens is 409 g/mol. The van der Waals surface area contributed by atoms with E-state index in [1.54, 1.807) is 29.5 Å². The first-order chi connectivity index (χ1) is 11.9. The van der Waals surface area contributed by atoms with Crippen LogP contribution >= 0.6 is 61.8 Å². The Kier molecular flexibility index (Phi) is 5.71. The smallest absolute Gasteiger partial charge is 0.0276 e. The highest BCUT2D eigenvalue weighted by Gasteiger charge is 2.11. The molecule has 120 valence electrons. The van der Waals surface area contributed by atoms with Gasteiger partial charge in [0.05, 0.1) is 0 Å². The van der Waals surface area contributed by atoms with Gasteiger partial charge in [-0.2, -0.15) is 0 Å². The highest BCUT2D eigenvalue weighted by atomic mass is 33.9. The summed E-state index contributed by atoms with van der Waals surface area (Å²) in [6, 6.07) is 24.1. The van der Waals surface area contributed by atoms with Crippen molar-refractivity contribution in [1.29, 1.82) is 0 Å². The molecule has 0 N–H and O–H groups in total. The van der Waals surface area contributed by atoms with Gasteiger partial charge in [-0.05, 0) is 83.1 Å². The third-order valence-corrected chi connectivity index (χ3v) is 12.8. The number of hydrogen-bond acceptors (Lipinski definition) is 6. The molecule has 0 atom stereocenters. The number of hydrogen-bond donors (Lipinski definition) is 1. The Balaban J connectivity index is 1.99.